The topological polar surface area (TPSA) is 35.2 Å². The van der Waals surface area contributed by atoms with Crippen LogP contribution in [0.1, 0.15) is 24.8 Å². The fourth-order valence-electron chi connectivity index (χ4n) is 2.03. The second-order valence-electron chi connectivity index (χ2n) is 4.36. The molecule has 2 nitrogen and oxygen atoms in total. The maximum absolute atomic E-state index is 5.88. The molecule has 0 radical (unpaired) electrons. The molecule has 1 atom stereocenters. The summed E-state index contributed by atoms with van der Waals surface area (Å²) in [4.78, 5) is 0. The summed E-state index contributed by atoms with van der Waals surface area (Å²) < 4.78 is 5.68. The zero-order valence-corrected chi connectivity index (χ0v) is 9.56. The van der Waals surface area contributed by atoms with Crippen LogP contribution in [0.5, 0.6) is 0 Å². The molecule has 0 fully saturated rings. The van der Waals surface area contributed by atoms with Gasteiger partial charge in [0, 0.05) is 6.04 Å². The third-order valence-corrected chi connectivity index (χ3v) is 2.88. The molecule has 0 saturated carbocycles. The summed E-state index contributed by atoms with van der Waals surface area (Å²) in [6, 6.07) is 10.5. The summed E-state index contributed by atoms with van der Waals surface area (Å²) in [6.07, 6.45) is 5.61. The molecule has 0 aliphatic heterocycles. The van der Waals surface area contributed by atoms with E-state index in [-0.39, 0.29) is 6.04 Å². The van der Waals surface area contributed by atoms with Crippen molar-refractivity contribution in [3.63, 3.8) is 0 Å². The molecule has 0 saturated heterocycles. The highest BCUT2D eigenvalue weighted by Crippen LogP contribution is 2.17. The molecule has 0 bridgehead atoms. The lowest BCUT2D eigenvalue weighted by Crippen LogP contribution is -2.21. The first-order chi connectivity index (χ1) is 7.84. The fraction of sp³-hybridized carbons (Fsp3) is 0.429. The van der Waals surface area contributed by atoms with Gasteiger partial charge in [0.2, 0.25) is 0 Å². The maximum Gasteiger partial charge on any atom is 0.0721 e. The largest absolute Gasteiger partial charge is 0.372 e. The van der Waals surface area contributed by atoms with E-state index in [1.807, 2.05) is 18.2 Å². The third-order valence-electron chi connectivity index (χ3n) is 2.88. The van der Waals surface area contributed by atoms with Crippen LogP contribution in [0.25, 0.3) is 0 Å². The summed E-state index contributed by atoms with van der Waals surface area (Å²) in [5.74, 6) is 0. The fourth-order valence-corrected chi connectivity index (χ4v) is 2.03. The van der Waals surface area contributed by atoms with Crippen molar-refractivity contribution < 1.29 is 4.74 Å². The molecule has 86 valence electrons. The van der Waals surface area contributed by atoms with Gasteiger partial charge in [-0.1, -0.05) is 36.4 Å². The molecule has 2 rings (SSSR count). The Morgan fingerprint density at radius 2 is 2.00 bits per heavy atom. The number of hydrogen-bond acceptors (Lipinski definition) is 2. The van der Waals surface area contributed by atoms with Crippen molar-refractivity contribution in [2.24, 2.45) is 5.73 Å². The molecule has 1 aliphatic carbocycles. The summed E-state index contributed by atoms with van der Waals surface area (Å²) in [7, 11) is 0. The highest BCUT2D eigenvalue weighted by atomic mass is 16.5. The lowest BCUT2D eigenvalue weighted by atomic mass is 9.97. The van der Waals surface area contributed by atoms with Crippen LogP contribution >= 0.6 is 0 Å². The zero-order valence-electron chi connectivity index (χ0n) is 9.56. The Balaban J connectivity index is 1.76. The Bertz CT molecular complexity index is 345. The Morgan fingerprint density at radius 3 is 2.75 bits per heavy atom. The van der Waals surface area contributed by atoms with Crippen LogP contribution < -0.4 is 5.73 Å². The zero-order chi connectivity index (χ0) is 11.2. The van der Waals surface area contributed by atoms with Gasteiger partial charge in [-0.05, 0) is 30.4 Å². The van der Waals surface area contributed by atoms with Gasteiger partial charge in [-0.2, -0.15) is 0 Å². The smallest absolute Gasteiger partial charge is 0.0721 e. The van der Waals surface area contributed by atoms with Gasteiger partial charge < -0.3 is 10.5 Å². The second-order valence-corrected chi connectivity index (χ2v) is 4.36. The van der Waals surface area contributed by atoms with Crippen LogP contribution in [0.2, 0.25) is 0 Å². The predicted octanol–water partition coefficient (Wildman–Crippen LogP) is 2.64. The third kappa shape index (κ3) is 3.47. The molecule has 2 heteroatoms. The summed E-state index contributed by atoms with van der Waals surface area (Å²) >= 11 is 0. The Hall–Kier alpha value is -1.12. The van der Waals surface area contributed by atoms with Crippen molar-refractivity contribution in [1.82, 2.24) is 0 Å². The molecule has 0 spiro atoms. The standard InChI is InChI=1S/C14H19NO/c15-14-8-4-7-13(9-14)11-16-10-12-5-2-1-3-6-12/h1-3,5-6,9,14H,4,7-8,10-11,15H2. The molecule has 0 amide bonds. The number of nitrogens with two attached hydrogens (primary N) is 1. The molecule has 1 unspecified atom stereocenters. The number of ether oxygens (including phenoxy) is 1. The van der Waals surface area contributed by atoms with Crippen LogP contribution in [0, 0.1) is 0 Å². The van der Waals surface area contributed by atoms with Gasteiger partial charge in [-0.3, -0.25) is 0 Å². The molecular formula is C14H19NO. The Morgan fingerprint density at radius 1 is 1.19 bits per heavy atom. The van der Waals surface area contributed by atoms with Gasteiger partial charge in [0.25, 0.3) is 0 Å². The van der Waals surface area contributed by atoms with E-state index >= 15 is 0 Å². The van der Waals surface area contributed by atoms with Crippen molar-refractivity contribution in [3.05, 3.63) is 47.5 Å². The van der Waals surface area contributed by atoms with E-state index in [9.17, 15) is 0 Å². The minimum Gasteiger partial charge on any atom is -0.372 e. The van der Waals surface area contributed by atoms with E-state index < -0.39 is 0 Å². The van der Waals surface area contributed by atoms with E-state index in [4.69, 9.17) is 10.5 Å². The first kappa shape index (κ1) is 11.4. The SMILES string of the molecule is NC1C=C(COCc2ccccc2)CCC1. The van der Waals surface area contributed by atoms with Crippen molar-refractivity contribution in [2.75, 3.05) is 6.61 Å². The van der Waals surface area contributed by atoms with Crippen molar-refractivity contribution in [3.8, 4) is 0 Å². The van der Waals surface area contributed by atoms with Crippen molar-refractivity contribution in [2.45, 2.75) is 31.9 Å². The van der Waals surface area contributed by atoms with E-state index in [2.05, 4.69) is 18.2 Å². The van der Waals surface area contributed by atoms with Gasteiger partial charge in [-0.15, -0.1) is 0 Å². The Kier molecular flexibility index (Phi) is 4.14. The van der Waals surface area contributed by atoms with Crippen LogP contribution in [0.15, 0.2) is 42.0 Å². The van der Waals surface area contributed by atoms with E-state index in [0.717, 1.165) is 19.4 Å². The molecule has 16 heavy (non-hydrogen) atoms. The molecule has 1 aliphatic rings. The first-order valence-corrected chi connectivity index (χ1v) is 5.91. The normalized spacial score (nSPS) is 20.6. The van der Waals surface area contributed by atoms with Gasteiger partial charge in [-0.25, -0.2) is 0 Å². The lowest BCUT2D eigenvalue weighted by Gasteiger charge is -2.17. The van der Waals surface area contributed by atoms with Crippen LogP contribution in [-0.4, -0.2) is 12.6 Å². The molecule has 1 aromatic carbocycles. The van der Waals surface area contributed by atoms with Crippen LogP contribution in [0.3, 0.4) is 0 Å². The maximum atomic E-state index is 5.88. The quantitative estimate of drug-likeness (QED) is 0.787. The molecule has 0 heterocycles. The van der Waals surface area contributed by atoms with E-state index in [1.165, 1.54) is 17.6 Å². The molecule has 1 aromatic rings. The van der Waals surface area contributed by atoms with Crippen LogP contribution in [0.4, 0.5) is 0 Å². The average molecular weight is 217 g/mol. The van der Waals surface area contributed by atoms with E-state index in [1.54, 1.807) is 0 Å². The van der Waals surface area contributed by atoms with Crippen LogP contribution in [-0.2, 0) is 11.3 Å². The minimum absolute atomic E-state index is 0.240. The Labute approximate surface area is 97.1 Å². The van der Waals surface area contributed by atoms with E-state index in [0.29, 0.717) is 6.61 Å². The highest BCUT2D eigenvalue weighted by Gasteiger charge is 2.09. The summed E-state index contributed by atoms with van der Waals surface area (Å²) in [6.45, 7) is 1.41. The van der Waals surface area contributed by atoms with Gasteiger partial charge in [0.05, 0.1) is 13.2 Å². The number of hydrogen-bond donors (Lipinski definition) is 1. The van der Waals surface area contributed by atoms with Crippen molar-refractivity contribution in [1.29, 1.82) is 0 Å². The summed E-state index contributed by atoms with van der Waals surface area (Å²) in [5.41, 5.74) is 8.46. The average Bonchev–Trinajstić information content (AvgIpc) is 2.30. The van der Waals surface area contributed by atoms with Gasteiger partial charge in [0.1, 0.15) is 0 Å². The minimum atomic E-state index is 0.240. The van der Waals surface area contributed by atoms with Gasteiger partial charge >= 0.3 is 0 Å². The predicted molar refractivity (Wildman–Crippen MR) is 66.0 cm³/mol. The number of rotatable bonds is 4. The second kappa shape index (κ2) is 5.83. The first-order valence-electron chi connectivity index (χ1n) is 5.91. The number of benzene rings is 1. The molecule has 2 N–H and O–H groups in total. The van der Waals surface area contributed by atoms with Crippen molar-refractivity contribution >= 4 is 0 Å². The summed E-state index contributed by atoms with van der Waals surface area (Å²) in [5, 5.41) is 0. The van der Waals surface area contributed by atoms with Gasteiger partial charge in [0.15, 0.2) is 0 Å². The monoisotopic (exact) mass is 217 g/mol. The molecular weight excluding hydrogens is 198 g/mol. The lowest BCUT2D eigenvalue weighted by molar-refractivity contribution is 0.139. The molecule has 0 aromatic heterocycles. The highest BCUT2D eigenvalue weighted by molar-refractivity contribution is 5.14.